The average Bonchev–Trinajstić information content (AvgIpc) is 3.08. The number of carboxylic acid groups (broad SMARTS) is 1. The van der Waals surface area contributed by atoms with Gasteiger partial charge in [-0.1, -0.05) is 19.1 Å². The maximum absolute atomic E-state index is 13.4. The first-order valence-electron chi connectivity index (χ1n) is 13.0. The summed E-state index contributed by atoms with van der Waals surface area (Å²) in [6.45, 7) is 4.00. The van der Waals surface area contributed by atoms with Crippen LogP contribution in [0, 0.1) is 5.92 Å². The Balaban J connectivity index is 1.47. The molecule has 0 aromatic heterocycles. The normalized spacial score (nSPS) is 40.9. The Kier molecular flexibility index (Phi) is 6.35. The van der Waals surface area contributed by atoms with E-state index in [-0.39, 0.29) is 37.3 Å². The fraction of sp³-hybridized carbons (Fsp3) is 0.800. The highest BCUT2D eigenvalue weighted by Crippen LogP contribution is 2.45. The van der Waals surface area contributed by atoms with Gasteiger partial charge < -0.3 is 24.1 Å². The molecule has 0 aliphatic carbocycles. The highest BCUT2D eigenvalue weighted by Gasteiger charge is 2.64. The summed E-state index contributed by atoms with van der Waals surface area (Å²) in [5.74, 6) is -1.27. The van der Waals surface area contributed by atoms with E-state index in [0.29, 0.717) is 6.42 Å². The lowest BCUT2D eigenvalue weighted by Gasteiger charge is -2.50. The van der Waals surface area contributed by atoms with Gasteiger partial charge in [-0.3, -0.25) is 9.37 Å². The van der Waals surface area contributed by atoms with E-state index in [2.05, 4.69) is 34.3 Å². The van der Waals surface area contributed by atoms with Crippen LogP contribution in [-0.2, 0) is 23.8 Å². The number of nitrogens with one attached hydrogen (secondary N) is 2. The molecule has 0 radical (unpaired) electrons. The standard InChI is InChI=1S/C25H37N3O6/c1-3-18-8-4-5-12-24(34-18)15-17-9-10-19-21(22(31)32-14-11-20(29)30)25(13-6-7-16(2)33-25)27-23(26-24)28(17)19/h4,8,16-19,21H,3,5-7,9-15H2,1-2H3,(H2,26,27,29,30)/t16-,17+,18+,19-,21?,24+,25-/m1/s1. The first-order valence-corrected chi connectivity index (χ1v) is 13.0. The van der Waals surface area contributed by atoms with Gasteiger partial charge in [-0.2, -0.15) is 0 Å². The zero-order valence-electron chi connectivity index (χ0n) is 20.2. The number of carbonyl (C=O) groups excluding carboxylic acids is 2. The van der Waals surface area contributed by atoms with Crippen LogP contribution >= 0.6 is 0 Å². The van der Waals surface area contributed by atoms with Gasteiger partial charge in [0.15, 0.2) is 11.6 Å². The molecule has 0 bridgehead atoms. The molecule has 5 rings (SSSR count). The number of rotatable bonds is 5. The molecule has 34 heavy (non-hydrogen) atoms. The topological polar surface area (TPSA) is 112 Å². The summed E-state index contributed by atoms with van der Waals surface area (Å²) in [5.41, 5.74) is -1.34. The van der Waals surface area contributed by atoms with Crippen LogP contribution < -0.4 is 15.7 Å². The zero-order valence-corrected chi connectivity index (χ0v) is 20.2. The van der Waals surface area contributed by atoms with Crippen molar-refractivity contribution in [3.63, 3.8) is 0 Å². The predicted molar refractivity (Wildman–Crippen MR) is 120 cm³/mol. The van der Waals surface area contributed by atoms with E-state index in [9.17, 15) is 14.7 Å². The number of hydrogen-bond donors (Lipinski definition) is 2. The summed E-state index contributed by atoms with van der Waals surface area (Å²) in [7, 11) is 0. The van der Waals surface area contributed by atoms with Crippen LogP contribution in [0.2, 0.25) is 0 Å². The molecule has 5 aliphatic rings. The number of carbonyl (C=O) groups is 2. The van der Waals surface area contributed by atoms with Crippen molar-refractivity contribution in [3.05, 3.63) is 12.2 Å². The average molecular weight is 476 g/mol. The lowest BCUT2D eigenvalue weighted by Crippen LogP contribution is -2.76. The molecule has 7 atom stereocenters. The SMILES string of the molecule is CC[C@H]1C=CCC[C@@]2(C[C@@H]3CC[C@@H]4C(C(=O)OCCC(=O)[O-])[C@]5(CCC[C@@H](C)O5)NC(=[N+]34)N2)O1. The van der Waals surface area contributed by atoms with E-state index in [1.165, 1.54) is 0 Å². The van der Waals surface area contributed by atoms with Crippen LogP contribution in [0.15, 0.2) is 12.2 Å². The van der Waals surface area contributed by atoms with Crippen LogP contribution in [0.3, 0.4) is 0 Å². The second-order valence-corrected chi connectivity index (χ2v) is 10.5. The Hall–Kier alpha value is -2.13. The Morgan fingerprint density at radius 1 is 1.24 bits per heavy atom. The minimum absolute atomic E-state index is 0.00414. The first kappa shape index (κ1) is 23.6. The Labute approximate surface area is 200 Å². The van der Waals surface area contributed by atoms with Gasteiger partial charge in [0.05, 0.1) is 30.9 Å². The molecule has 0 amide bonds. The largest absolute Gasteiger partial charge is 0.550 e. The van der Waals surface area contributed by atoms with E-state index in [1.54, 1.807) is 0 Å². The van der Waals surface area contributed by atoms with Gasteiger partial charge in [0.2, 0.25) is 5.72 Å². The quantitative estimate of drug-likeness (QED) is 0.343. The maximum Gasteiger partial charge on any atom is 0.350 e. The number of allylic oxidation sites excluding steroid dienone is 1. The molecule has 0 aromatic rings. The van der Waals surface area contributed by atoms with E-state index in [1.807, 2.05) is 6.92 Å². The molecule has 0 saturated carbocycles. The maximum atomic E-state index is 13.4. The number of guanidine groups is 1. The summed E-state index contributed by atoms with van der Waals surface area (Å²) in [4.78, 5) is 24.3. The summed E-state index contributed by atoms with van der Waals surface area (Å²) in [5, 5.41) is 18.2. The predicted octanol–water partition coefficient (Wildman–Crippen LogP) is 0.909. The van der Waals surface area contributed by atoms with Gasteiger partial charge in [0.25, 0.3) is 0 Å². The molecular weight excluding hydrogens is 438 g/mol. The van der Waals surface area contributed by atoms with E-state index in [4.69, 9.17) is 14.2 Å². The second-order valence-electron chi connectivity index (χ2n) is 10.5. The fourth-order valence-corrected chi connectivity index (χ4v) is 6.72. The number of hydrogen-bond acceptors (Lipinski definition) is 8. The first-order chi connectivity index (χ1) is 16.3. The lowest BCUT2D eigenvalue weighted by molar-refractivity contribution is -0.609. The van der Waals surface area contributed by atoms with Crippen molar-refractivity contribution in [2.24, 2.45) is 5.92 Å². The van der Waals surface area contributed by atoms with Gasteiger partial charge in [0.1, 0.15) is 0 Å². The molecule has 2 saturated heterocycles. The van der Waals surface area contributed by atoms with E-state index in [0.717, 1.165) is 57.3 Å². The van der Waals surface area contributed by atoms with Crippen LogP contribution in [-0.4, -0.2) is 64.8 Å². The Bertz CT molecular complexity index is 890. The third kappa shape index (κ3) is 4.21. The molecule has 1 unspecified atom stereocenters. The summed E-state index contributed by atoms with van der Waals surface area (Å²) in [6, 6.07) is 0.180. The molecule has 5 aliphatic heterocycles. The van der Waals surface area contributed by atoms with Crippen molar-refractivity contribution in [1.29, 1.82) is 0 Å². The molecule has 9 nitrogen and oxygen atoms in total. The molecule has 2 N–H and O–H groups in total. The van der Waals surface area contributed by atoms with E-state index >= 15 is 0 Å². The van der Waals surface area contributed by atoms with Crippen LogP contribution in [0.25, 0.3) is 0 Å². The van der Waals surface area contributed by atoms with Gasteiger partial charge in [-0.15, -0.1) is 0 Å². The van der Waals surface area contributed by atoms with Gasteiger partial charge in [0, 0.05) is 31.7 Å². The molecule has 2 fully saturated rings. The van der Waals surface area contributed by atoms with Crippen LogP contribution in [0.5, 0.6) is 0 Å². The smallest absolute Gasteiger partial charge is 0.350 e. The van der Waals surface area contributed by atoms with Crippen LogP contribution in [0.1, 0.15) is 78.1 Å². The third-order valence-electron chi connectivity index (χ3n) is 8.15. The van der Waals surface area contributed by atoms with Crippen molar-refractivity contribution in [1.82, 2.24) is 10.6 Å². The van der Waals surface area contributed by atoms with Crippen molar-refractivity contribution >= 4 is 17.9 Å². The summed E-state index contributed by atoms with van der Waals surface area (Å²) in [6.07, 6.45) is 12.2. The number of aliphatic carboxylic acids is 1. The number of esters is 1. The Morgan fingerprint density at radius 2 is 2.09 bits per heavy atom. The highest BCUT2D eigenvalue weighted by molar-refractivity contribution is 5.82. The van der Waals surface area contributed by atoms with Crippen molar-refractivity contribution in [3.8, 4) is 0 Å². The van der Waals surface area contributed by atoms with Crippen molar-refractivity contribution < 1.29 is 33.5 Å². The summed E-state index contributed by atoms with van der Waals surface area (Å²) < 4.78 is 21.0. The molecule has 9 heteroatoms. The fourth-order valence-electron chi connectivity index (χ4n) is 6.72. The molecule has 0 aromatic carbocycles. The molecule has 188 valence electrons. The van der Waals surface area contributed by atoms with Gasteiger partial charge in [-0.25, -0.2) is 10.6 Å². The van der Waals surface area contributed by atoms with Crippen molar-refractivity contribution in [2.45, 2.75) is 114 Å². The third-order valence-corrected chi connectivity index (χ3v) is 8.15. The Morgan fingerprint density at radius 3 is 2.85 bits per heavy atom. The summed E-state index contributed by atoms with van der Waals surface area (Å²) >= 11 is 0. The minimum atomic E-state index is -1.22. The number of ether oxygens (including phenoxy) is 3. The number of nitrogens with zero attached hydrogens (tertiary/aromatic N) is 1. The second kappa shape index (κ2) is 9.15. The van der Waals surface area contributed by atoms with Crippen LogP contribution in [0.4, 0.5) is 0 Å². The molecular formula is C25H37N3O6. The highest BCUT2D eigenvalue weighted by atomic mass is 16.6. The lowest BCUT2D eigenvalue weighted by atomic mass is 9.80. The minimum Gasteiger partial charge on any atom is -0.550 e. The van der Waals surface area contributed by atoms with E-state index < -0.39 is 29.3 Å². The monoisotopic (exact) mass is 475 g/mol. The molecule has 2 spiro atoms. The van der Waals surface area contributed by atoms with Gasteiger partial charge >= 0.3 is 11.9 Å². The van der Waals surface area contributed by atoms with Crippen molar-refractivity contribution in [2.75, 3.05) is 6.61 Å². The van der Waals surface area contributed by atoms with Gasteiger partial charge in [-0.05, 0) is 45.4 Å². The molecule has 5 heterocycles. The zero-order chi connectivity index (χ0) is 23.9. The number of carboxylic acids is 1.